The molecule has 9 heteroatoms. The third-order valence-electron chi connectivity index (χ3n) is 3.77. The first-order valence-corrected chi connectivity index (χ1v) is 8.61. The predicted molar refractivity (Wildman–Crippen MR) is 94.0 cm³/mol. The Bertz CT molecular complexity index is 877. The molecule has 3 heterocycles. The van der Waals surface area contributed by atoms with Gasteiger partial charge in [0.25, 0.3) is 0 Å². The summed E-state index contributed by atoms with van der Waals surface area (Å²) >= 11 is 7.17. The Morgan fingerprint density at radius 1 is 1.52 bits per heavy atom. The highest BCUT2D eigenvalue weighted by molar-refractivity contribution is 7.14. The number of halogens is 1. The normalized spacial score (nSPS) is 16.6. The highest BCUT2D eigenvalue weighted by Crippen LogP contribution is 2.32. The van der Waals surface area contributed by atoms with E-state index in [4.69, 9.17) is 21.6 Å². The molecule has 0 bridgehead atoms. The summed E-state index contributed by atoms with van der Waals surface area (Å²) in [5.74, 6) is -0.234. The molecule has 7 nitrogen and oxygen atoms in total. The lowest BCUT2D eigenvalue weighted by molar-refractivity contribution is -0.117. The molecule has 128 valence electrons. The van der Waals surface area contributed by atoms with Crippen LogP contribution in [0.5, 0.6) is 0 Å². The second-order valence-electron chi connectivity index (χ2n) is 5.25. The average Bonchev–Trinajstić information content (AvgIpc) is 3.23. The van der Waals surface area contributed by atoms with Crippen molar-refractivity contribution < 1.29 is 14.3 Å². The number of hydrogen-bond donors (Lipinski definition) is 1. The van der Waals surface area contributed by atoms with Crippen molar-refractivity contribution in [1.29, 1.82) is 5.26 Å². The van der Waals surface area contributed by atoms with Gasteiger partial charge in [-0.1, -0.05) is 11.6 Å². The van der Waals surface area contributed by atoms with Crippen molar-refractivity contribution in [2.24, 2.45) is 0 Å². The fourth-order valence-electron chi connectivity index (χ4n) is 2.57. The van der Waals surface area contributed by atoms with Crippen LogP contribution in [-0.2, 0) is 9.53 Å². The van der Waals surface area contributed by atoms with E-state index in [1.165, 1.54) is 18.4 Å². The predicted octanol–water partition coefficient (Wildman–Crippen LogP) is 2.67. The van der Waals surface area contributed by atoms with Crippen LogP contribution >= 0.6 is 22.9 Å². The summed E-state index contributed by atoms with van der Waals surface area (Å²) in [6, 6.07) is 6.22. The zero-order chi connectivity index (χ0) is 18.0. The van der Waals surface area contributed by atoms with E-state index in [0.717, 1.165) is 0 Å². The molecule has 25 heavy (non-hydrogen) atoms. The fourth-order valence-corrected chi connectivity index (χ4v) is 3.64. The van der Waals surface area contributed by atoms with Crippen LogP contribution in [-0.4, -0.2) is 36.6 Å². The van der Waals surface area contributed by atoms with Crippen molar-refractivity contribution in [1.82, 2.24) is 4.98 Å². The quantitative estimate of drug-likeness (QED) is 0.824. The summed E-state index contributed by atoms with van der Waals surface area (Å²) in [6.07, 6.45) is 0.545. The first-order chi connectivity index (χ1) is 12.0. The van der Waals surface area contributed by atoms with Crippen LogP contribution in [0.3, 0.4) is 0 Å². The third kappa shape index (κ3) is 3.29. The maximum Gasteiger partial charge on any atom is 0.340 e. The molecular weight excluding hydrogens is 364 g/mol. The number of ether oxygens (including phenoxy) is 1. The highest BCUT2D eigenvalue weighted by Gasteiger charge is 2.35. The fraction of sp³-hybridized carbons (Fsp3) is 0.250. The summed E-state index contributed by atoms with van der Waals surface area (Å²) < 4.78 is 4.75. The van der Waals surface area contributed by atoms with Gasteiger partial charge >= 0.3 is 5.97 Å². The van der Waals surface area contributed by atoms with Crippen molar-refractivity contribution in [3.63, 3.8) is 0 Å². The van der Waals surface area contributed by atoms with Crippen molar-refractivity contribution >= 4 is 45.6 Å². The number of esters is 1. The molecule has 3 rings (SSSR count). The van der Waals surface area contributed by atoms with E-state index in [1.54, 1.807) is 28.5 Å². The minimum absolute atomic E-state index is 0.0974. The number of thiophene rings is 1. The molecule has 1 amide bonds. The number of pyridine rings is 1. The van der Waals surface area contributed by atoms with Gasteiger partial charge in [-0.15, -0.1) is 11.3 Å². The molecule has 1 atom stereocenters. The number of aromatic nitrogens is 1. The topological polar surface area (TPSA) is 95.3 Å². The summed E-state index contributed by atoms with van der Waals surface area (Å²) in [4.78, 5) is 30.2. The second-order valence-corrected chi connectivity index (χ2v) is 6.55. The molecule has 0 radical (unpaired) electrons. The maximum atomic E-state index is 12.7. The molecule has 2 aromatic rings. The number of nitriles is 1. The summed E-state index contributed by atoms with van der Waals surface area (Å²) in [7, 11) is 1.30. The Morgan fingerprint density at radius 2 is 2.32 bits per heavy atom. The van der Waals surface area contributed by atoms with E-state index < -0.39 is 12.0 Å². The van der Waals surface area contributed by atoms with Gasteiger partial charge in [-0.2, -0.15) is 5.26 Å². The van der Waals surface area contributed by atoms with Gasteiger partial charge in [0.15, 0.2) is 5.69 Å². The molecule has 2 aromatic heterocycles. The van der Waals surface area contributed by atoms with Crippen molar-refractivity contribution in [2.75, 3.05) is 23.9 Å². The lowest BCUT2D eigenvalue weighted by atomic mass is 10.2. The minimum Gasteiger partial charge on any atom is -0.465 e. The molecule has 1 aliphatic rings. The van der Waals surface area contributed by atoms with Crippen LogP contribution in [0.15, 0.2) is 23.6 Å². The maximum absolute atomic E-state index is 12.7. The number of anilines is 2. The molecule has 1 N–H and O–H groups in total. The number of carbonyl (C=O) groups is 2. The Morgan fingerprint density at radius 3 is 3.04 bits per heavy atom. The Kier molecular flexibility index (Phi) is 4.88. The minimum atomic E-state index is -0.493. The van der Waals surface area contributed by atoms with Crippen LogP contribution in [0.25, 0.3) is 0 Å². The standard InChI is InChI=1S/C16H13ClN4O3S/c1-24-16(23)9-5-7-25-15(9)21-6-4-11(14(21)22)19-13-3-2-10(17)12(8-18)20-13/h2-3,5,7,11H,4,6H2,1H3,(H,19,20). The monoisotopic (exact) mass is 376 g/mol. The number of nitrogens with one attached hydrogen (secondary N) is 1. The van der Waals surface area contributed by atoms with Gasteiger partial charge < -0.3 is 15.0 Å². The molecule has 1 aliphatic heterocycles. The average molecular weight is 377 g/mol. The second kappa shape index (κ2) is 7.09. The summed E-state index contributed by atoms with van der Waals surface area (Å²) in [5.41, 5.74) is 0.470. The van der Waals surface area contributed by atoms with Gasteiger partial charge in [0.1, 0.15) is 22.9 Å². The SMILES string of the molecule is COC(=O)c1ccsc1N1CCC(Nc2ccc(Cl)c(C#N)n2)C1=O. The summed E-state index contributed by atoms with van der Waals surface area (Å²) in [6.45, 7) is 0.472. The van der Waals surface area contributed by atoms with Crippen molar-refractivity contribution in [2.45, 2.75) is 12.5 Å². The number of hydrogen-bond acceptors (Lipinski definition) is 7. The molecule has 1 unspecified atom stereocenters. The molecular formula is C16H13ClN4O3S. The molecule has 0 aromatic carbocycles. The molecule has 0 aliphatic carbocycles. The number of nitrogens with zero attached hydrogens (tertiary/aromatic N) is 3. The Balaban J connectivity index is 1.78. The van der Waals surface area contributed by atoms with Gasteiger partial charge in [0.05, 0.1) is 17.7 Å². The number of methoxy groups -OCH3 is 1. The first-order valence-electron chi connectivity index (χ1n) is 7.35. The van der Waals surface area contributed by atoms with Gasteiger partial charge in [0.2, 0.25) is 5.91 Å². The van der Waals surface area contributed by atoms with Gasteiger partial charge in [-0.05, 0) is 30.0 Å². The zero-order valence-corrected chi connectivity index (χ0v) is 14.7. The number of amides is 1. The van der Waals surface area contributed by atoms with E-state index in [0.29, 0.717) is 29.3 Å². The van der Waals surface area contributed by atoms with Crippen LogP contribution in [0.1, 0.15) is 22.5 Å². The van der Waals surface area contributed by atoms with Gasteiger partial charge in [0, 0.05) is 6.54 Å². The molecule has 0 spiro atoms. The molecule has 1 saturated heterocycles. The van der Waals surface area contributed by atoms with E-state index in [-0.39, 0.29) is 16.6 Å². The Labute approximate surface area is 152 Å². The van der Waals surface area contributed by atoms with Crippen LogP contribution in [0.4, 0.5) is 10.8 Å². The van der Waals surface area contributed by atoms with Crippen molar-refractivity contribution in [3.05, 3.63) is 39.9 Å². The summed E-state index contributed by atoms with van der Waals surface area (Å²) in [5, 5.41) is 14.6. The lowest BCUT2D eigenvalue weighted by Gasteiger charge is -2.17. The van der Waals surface area contributed by atoms with Gasteiger partial charge in [-0.3, -0.25) is 4.79 Å². The van der Waals surface area contributed by atoms with Crippen LogP contribution < -0.4 is 10.2 Å². The van der Waals surface area contributed by atoms with Crippen LogP contribution in [0.2, 0.25) is 5.02 Å². The molecule has 1 fully saturated rings. The zero-order valence-electron chi connectivity index (χ0n) is 13.2. The lowest BCUT2D eigenvalue weighted by Crippen LogP contribution is -2.34. The first kappa shape index (κ1) is 17.2. The number of carbonyl (C=O) groups excluding carboxylic acids is 2. The largest absolute Gasteiger partial charge is 0.465 e. The van der Waals surface area contributed by atoms with E-state index in [1.807, 2.05) is 6.07 Å². The third-order valence-corrected chi connectivity index (χ3v) is 5.02. The smallest absolute Gasteiger partial charge is 0.340 e. The van der Waals surface area contributed by atoms with E-state index in [2.05, 4.69) is 10.3 Å². The molecule has 0 saturated carbocycles. The van der Waals surface area contributed by atoms with E-state index in [9.17, 15) is 9.59 Å². The van der Waals surface area contributed by atoms with Crippen LogP contribution in [0, 0.1) is 11.3 Å². The van der Waals surface area contributed by atoms with Crippen molar-refractivity contribution in [3.8, 4) is 6.07 Å². The Hall–Kier alpha value is -2.63. The van der Waals surface area contributed by atoms with E-state index >= 15 is 0 Å². The number of rotatable bonds is 4. The van der Waals surface area contributed by atoms with Gasteiger partial charge in [-0.25, -0.2) is 9.78 Å². The highest BCUT2D eigenvalue weighted by atomic mass is 35.5.